The molecule has 2 N–H and O–H groups in total. The lowest BCUT2D eigenvalue weighted by Crippen LogP contribution is -2.37. The first kappa shape index (κ1) is 20.9. The number of ether oxygens (including phenoxy) is 1. The van der Waals surface area contributed by atoms with Gasteiger partial charge in [-0.05, 0) is 41.5 Å². The molecule has 2 aromatic carbocycles. The van der Waals surface area contributed by atoms with Crippen molar-refractivity contribution in [3.05, 3.63) is 71.1 Å². The number of halogens is 3. The Bertz CT molecular complexity index is 878. The Kier molecular flexibility index (Phi) is 6.90. The largest absolute Gasteiger partial charge is 0.394 e. The summed E-state index contributed by atoms with van der Waals surface area (Å²) >= 11 is 0. The Labute approximate surface area is 166 Å². The predicted octanol–water partition coefficient (Wildman–Crippen LogP) is 2.80. The van der Waals surface area contributed by atoms with Crippen LogP contribution in [-0.4, -0.2) is 43.9 Å². The van der Waals surface area contributed by atoms with Crippen LogP contribution in [0.4, 0.5) is 18.9 Å². The van der Waals surface area contributed by atoms with Crippen LogP contribution in [0, 0.1) is 17.5 Å². The highest BCUT2D eigenvalue weighted by Crippen LogP contribution is 2.25. The first-order valence-corrected chi connectivity index (χ1v) is 9.14. The maximum absolute atomic E-state index is 14.3. The van der Waals surface area contributed by atoms with E-state index < -0.39 is 36.0 Å². The Balaban J connectivity index is 1.72. The van der Waals surface area contributed by atoms with Crippen LogP contribution in [0.2, 0.25) is 0 Å². The van der Waals surface area contributed by atoms with Gasteiger partial charge in [-0.3, -0.25) is 4.79 Å². The van der Waals surface area contributed by atoms with Crippen LogP contribution in [0.3, 0.4) is 0 Å². The van der Waals surface area contributed by atoms with Gasteiger partial charge in [0, 0.05) is 25.2 Å². The van der Waals surface area contributed by atoms with Crippen molar-refractivity contribution >= 4 is 17.7 Å². The van der Waals surface area contributed by atoms with Gasteiger partial charge in [0.1, 0.15) is 17.5 Å². The van der Waals surface area contributed by atoms with Gasteiger partial charge >= 0.3 is 0 Å². The van der Waals surface area contributed by atoms with Gasteiger partial charge in [-0.2, -0.15) is 0 Å². The lowest BCUT2D eigenvalue weighted by atomic mass is 10.1. The topological polar surface area (TPSA) is 61.8 Å². The van der Waals surface area contributed by atoms with Crippen molar-refractivity contribution in [3.8, 4) is 0 Å². The number of aliphatic hydroxyl groups is 1. The van der Waals surface area contributed by atoms with Gasteiger partial charge in [-0.25, -0.2) is 13.2 Å². The third kappa shape index (κ3) is 5.58. The SMILES string of the molecule is O=C(/C=C/c1cc(F)cc(F)c1)NC(CO)c1ccc(F)c(N2CCOCC2)c1. The van der Waals surface area contributed by atoms with Gasteiger partial charge in [0.15, 0.2) is 0 Å². The molecule has 1 atom stereocenters. The third-order valence-corrected chi connectivity index (χ3v) is 4.54. The first-order valence-electron chi connectivity index (χ1n) is 9.14. The van der Waals surface area contributed by atoms with Gasteiger partial charge in [-0.1, -0.05) is 6.07 Å². The number of amides is 1. The zero-order valence-corrected chi connectivity index (χ0v) is 15.6. The van der Waals surface area contributed by atoms with Crippen molar-refractivity contribution in [1.29, 1.82) is 0 Å². The summed E-state index contributed by atoms with van der Waals surface area (Å²) in [6, 6.07) is 6.52. The minimum atomic E-state index is -0.767. The van der Waals surface area contributed by atoms with E-state index in [1.54, 1.807) is 6.07 Å². The molecule has 2 aromatic rings. The number of carbonyl (C=O) groups excluding carboxylic acids is 1. The molecule has 5 nitrogen and oxygen atoms in total. The summed E-state index contributed by atoms with van der Waals surface area (Å²) in [7, 11) is 0. The summed E-state index contributed by atoms with van der Waals surface area (Å²) < 4.78 is 46.0. The summed E-state index contributed by atoms with van der Waals surface area (Å²) in [6.45, 7) is 1.68. The molecule has 3 rings (SSSR count). The van der Waals surface area contributed by atoms with Crippen molar-refractivity contribution in [1.82, 2.24) is 5.32 Å². The average Bonchev–Trinajstić information content (AvgIpc) is 2.71. The van der Waals surface area contributed by atoms with E-state index in [9.17, 15) is 23.1 Å². The number of benzene rings is 2. The molecular weight excluding hydrogens is 385 g/mol. The number of aliphatic hydroxyl groups excluding tert-OH is 1. The van der Waals surface area contributed by atoms with E-state index in [1.165, 1.54) is 18.2 Å². The number of morpholine rings is 1. The van der Waals surface area contributed by atoms with E-state index >= 15 is 0 Å². The van der Waals surface area contributed by atoms with E-state index in [0.29, 0.717) is 37.6 Å². The Morgan fingerprint density at radius 3 is 2.48 bits per heavy atom. The van der Waals surface area contributed by atoms with Crippen molar-refractivity contribution in [3.63, 3.8) is 0 Å². The van der Waals surface area contributed by atoms with Gasteiger partial charge in [-0.15, -0.1) is 0 Å². The first-order chi connectivity index (χ1) is 14.0. The van der Waals surface area contributed by atoms with Crippen molar-refractivity contribution < 1.29 is 27.8 Å². The standard InChI is InChI=1S/C21H21F3N2O3/c22-16-9-14(10-17(23)12-16)1-4-21(28)25-19(13-27)15-2-3-18(24)20(11-15)26-5-7-29-8-6-26/h1-4,9-12,19,27H,5-8,13H2,(H,25,28)/b4-1+. The monoisotopic (exact) mass is 406 g/mol. The van der Waals surface area contributed by atoms with Crippen molar-refractivity contribution in [2.45, 2.75) is 6.04 Å². The lowest BCUT2D eigenvalue weighted by molar-refractivity contribution is -0.117. The average molecular weight is 406 g/mol. The van der Waals surface area contributed by atoms with Crippen LogP contribution in [0.5, 0.6) is 0 Å². The predicted molar refractivity (Wildman–Crippen MR) is 103 cm³/mol. The smallest absolute Gasteiger partial charge is 0.244 e. The zero-order chi connectivity index (χ0) is 20.8. The second kappa shape index (κ2) is 9.58. The van der Waals surface area contributed by atoms with E-state index in [0.717, 1.165) is 24.3 Å². The van der Waals surface area contributed by atoms with Crippen LogP contribution >= 0.6 is 0 Å². The van der Waals surface area contributed by atoms with Gasteiger partial charge in [0.2, 0.25) is 5.91 Å². The summed E-state index contributed by atoms with van der Waals surface area (Å²) in [5.74, 6) is -2.46. The highest BCUT2D eigenvalue weighted by Gasteiger charge is 2.19. The van der Waals surface area contributed by atoms with Gasteiger partial charge in [0.25, 0.3) is 0 Å². The Morgan fingerprint density at radius 2 is 1.83 bits per heavy atom. The second-order valence-electron chi connectivity index (χ2n) is 6.59. The fraction of sp³-hybridized carbons (Fsp3) is 0.286. The molecule has 0 aromatic heterocycles. The quantitative estimate of drug-likeness (QED) is 0.725. The number of nitrogens with one attached hydrogen (secondary N) is 1. The molecule has 8 heteroatoms. The van der Waals surface area contributed by atoms with Crippen LogP contribution in [0.15, 0.2) is 42.5 Å². The highest BCUT2D eigenvalue weighted by atomic mass is 19.1. The molecule has 0 spiro atoms. The molecule has 1 heterocycles. The molecule has 29 heavy (non-hydrogen) atoms. The lowest BCUT2D eigenvalue weighted by Gasteiger charge is -2.30. The number of rotatable bonds is 6. The molecule has 1 saturated heterocycles. The number of hydrogen-bond acceptors (Lipinski definition) is 4. The number of carbonyl (C=O) groups is 1. The molecule has 1 fully saturated rings. The molecule has 1 amide bonds. The molecule has 154 valence electrons. The third-order valence-electron chi connectivity index (χ3n) is 4.54. The second-order valence-corrected chi connectivity index (χ2v) is 6.59. The summed E-state index contributed by atoms with van der Waals surface area (Å²) in [6.07, 6.45) is 2.38. The fourth-order valence-corrected chi connectivity index (χ4v) is 3.09. The van der Waals surface area contributed by atoms with E-state index in [1.807, 2.05) is 4.90 Å². The molecule has 0 bridgehead atoms. The Hall–Kier alpha value is -2.84. The minimum Gasteiger partial charge on any atom is -0.394 e. The molecule has 0 saturated carbocycles. The van der Waals surface area contributed by atoms with E-state index in [4.69, 9.17) is 4.74 Å². The number of anilines is 1. The number of hydrogen-bond donors (Lipinski definition) is 2. The van der Waals surface area contributed by atoms with Crippen molar-refractivity contribution in [2.24, 2.45) is 0 Å². The van der Waals surface area contributed by atoms with Crippen LogP contribution in [0.1, 0.15) is 17.2 Å². The minimum absolute atomic E-state index is 0.189. The molecule has 0 radical (unpaired) electrons. The van der Waals surface area contributed by atoms with Crippen LogP contribution in [-0.2, 0) is 9.53 Å². The fourth-order valence-electron chi connectivity index (χ4n) is 3.09. The molecule has 1 aliphatic rings. The van der Waals surface area contributed by atoms with Gasteiger partial charge in [0.05, 0.1) is 31.5 Å². The molecule has 1 unspecified atom stereocenters. The van der Waals surface area contributed by atoms with E-state index in [2.05, 4.69) is 5.32 Å². The van der Waals surface area contributed by atoms with Gasteiger partial charge < -0.3 is 20.1 Å². The highest BCUT2D eigenvalue weighted by molar-refractivity contribution is 5.92. The molecule has 0 aliphatic carbocycles. The maximum Gasteiger partial charge on any atom is 0.244 e. The number of nitrogens with zero attached hydrogens (tertiary/aromatic N) is 1. The zero-order valence-electron chi connectivity index (χ0n) is 15.6. The van der Waals surface area contributed by atoms with Crippen LogP contribution in [0.25, 0.3) is 6.08 Å². The summed E-state index contributed by atoms with van der Waals surface area (Å²) in [5, 5.41) is 12.3. The molecule has 1 aliphatic heterocycles. The summed E-state index contributed by atoms with van der Waals surface area (Å²) in [5.41, 5.74) is 1.10. The molecular formula is C21H21F3N2O3. The van der Waals surface area contributed by atoms with E-state index in [-0.39, 0.29) is 5.56 Å². The Morgan fingerprint density at radius 1 is 1.14 bits per heavy atom. The van der Waals surface area contributed by atoms with Crippen LogP contribution < -0.4 is 10.2 Å². The maximum atomic E-state index is 14.3. The summed E-state index contributed by atoms with van der Waals surface area (Å²) in [4.78, 5) is 14.0. The van der Waals surface area contributed by atoms with Crippen molar-refractivity contribution in [2.75, 3.05) is 37.8 Å². The normalized spacial score (nSPS) is 15.5.